The predicted molar refractivity (Wildman–Crippen MR) is 119 cm³/mol. The summed E-state index contributed by atoms with van der Waals surface area (Å²) in [7, 11) is 0. The van der Waals surface area contributed by atoms with Crippen LogP contribution in [0.1, 0.15) is 82.5 Å². The van der Waals surface area contributed by atoms with E-state index < -0.39 is 5.41 Å². The molecule has 0 radical (unpaired) electrons. The highest BCUT2D eigenvalue weighted by Crippen LogP contribution is 2.66. The normalized spacial score (nSPS) is 46.3. The first-order valence-corrected chi connectivity index (χ1v) is 12.6. The van der Waals surface area contributed by atoms with E-state index in [-0.39, 0.29) is 40.5 Å². The van der Waals surface area contributed by atoms with E-state index in [1.807, 2.05) is 30.3 Å². The third-order valence-corrected chi connectivity index (χ3v) is 10.5. The summed E-state index contributed by atoms with van der Waals surface area (Å²) in [4.78, 5) is 28.5. The van der Waals surface area contributed by atoms with Crippen LogP contribution in [-0.2, 0) is 9.53 Å². The lowest BCUT2D eigenvalue weighted by Crippen LogP contribution is -2.62. The lowest BCUT2D eigenvalue weighted by atomic mass is 9.44. The lowest BCUT2D eigenvalue weighted by molar-refractivity contribution is -0.192. The van der Waals surface area contributed by atoms with Crippen molar-refractivity contribution in [1.82, 2.24) is 0 Å². The quantitative estimate of drug-likeness (QED) is 0.337. The summed E-state index contributed by atoms with van der Waals surface area (Å²) in [5.74, 6) is 2.18. The van der Waals surface area contributed by atoms with Crippen molar-refractivity contribution in [1.29, 1.82) is 0 Å². The van der Waals surface area contributed by atoms with Crippen molar-refractivity contribution in [2.75, 3.05) is 0 Å². The first-order valence-electron chi connectivity index (χ1n) is 12.6. The van der Waals surface area contributed by atoms with Crippen LogP contribution < -0.4 is 0 Å². The van der Waals surface area contributed by atoms with Gasteiger partial charge in [0, 0.05) is 16.4 Å². The Bertz CT molecular complexity index is 883. The van der Waals surface area contributed by atoms with Crippen molar-refractivity contribution < 1.29 is 14.3 Å². The summed E-state index contributed by atoms with van der Waals surface area (Å²) >= 11 is 0. The van der Waals surface area contributed by atoms with E-state index in [1.165, 1.54) is 12.8 Å². The van der Waals surface area contributed by atoms with Crippen LogP contribution in [0.2, 0.25) is 0 Å². The molecule has 31 heavy (non-hydrogen) atoms. The molecule has 0 aromatic heterocycles. The van der Waals surface area contributed by atoms with Crippen LogP contribution in [0.15, 0.2) is 30.3 Å². The minimum absolute atomic E-state index is 0.00837. The second-order valence-electron chi connectivity index (χ2n) is 12.6. The molecule has 6 saturated carbocycles. The van der Waals surface area contributed by atoms with Gasteiger partial charge >= 0.3 is 5.97 Å². The molecule has 0 aliphatic heterocycles. The van der Waals surface area contributed by atoms with Crippen LogP contribution in [0.3, 0.4) is 0 Å². The molecule has 6 fully saturated rings. The van der Waals surface area contributed by atoms with Crippen molar-refractivity contribution in [3.8, 4) is 0 Å². The summed E-state index contributed by atoms with van der Waals surface area (Å²) < 4.78 is 6.58. The fourth-order valence-electron chi connectivity index (χ4n) is 9.31. The first kappa shape index (κ1) is 20.0. The number of fused-ring (bicyclic) bond motifs is 2. The smallest absolute Gasteiger partial charge is 0.320 e. The summed E-state index contributed by atoms with van der Waals surface area (Å²) in [6.07, 6.45) is 8.83. The van der Waals surface area contributed by atoms with Gasteiger partial charge < -0.3 is 4.74 Å². The Morgan fingerprint density at radius 1 is 0.871 bits per heavy atom. The topological polar surface area (TPSA) is 43.4 Å². The summed E-state index contributed by atoms with van der Waals surface area (Å²) in [6.45, 7) is 6.87. The van der Waals surface area contributed by atoms with Crippen LogP contribution in [0, 0.1) is 45.8 Å². The van der Waals surface area contributed by atoms with Gasteiger partial charge in [-0.15, -0.1) is 0 Å². The van der Waals surface area contributed by atoms with E-state index in [1.54, 1.807) is 0 Å². The third-order valence-electron chi connectivity index (χ3n) is 10.5. The van der Waals surface area contributed by atoms with Crippen molar-refractivity contribution in [2.45, 2.75) is 78.2 Å². The van der Waals surface area contributed by atoms with Gasteiger partial charge in [-0.1, -0.05) is 51.1 Å². The molecule has 0 unspecified atom stereocenters. The van der Waals surface area contributed by atoms with Crippen LogP contribution in [0.5, 0.6) is 0 Å². The van der Waals surface area contributed by atoms with Crippen LogP contribution >= 0.6 is 0 Å². The largest absolute Gasteiger partial charge is 0.460 e. The Hall–Kier alpha value is -1.64. The van der Waals surface area contributed by atoms with Gasteiger partial charge in [0.05, 0.1) is 0 Å². The SMILES string of the molecule is CC1(C)[C@H]2CC[C@](C)(C2)[C@H]1OC(=O)C1(C(=O)c2ccccc2)C2CC3CC(C2)CC1C3. The summed E-state index contributed by atoms with van der Waals surface area (Å²) in [5.41, 5.74) is -0.230. The van der Waals surface area contributed by atoms with Gasteiger partial charge in [-0.2, -0.15) is 0 Å². The number of rotatable bonds is 4. The standard InChI is InChI=1S/C28H36O3/c1-26(2)20-9-10-27(3,16-20)24(26)31-25(30)28(23(29)19-7-5-4-6-8-19)21-12-17-11-18(14-21)15-22(28)13-17/h4-8,17-18,20-22,24H,9-16H2,1-3H3/t17?,18?,20-,21?,22?,24-,27+,28?/m0/s1. The highest BCUT2D eigenvalue weighted by Gasteiger charge is 2.68. The second-order valence-corrected chi connectivity index (χ2v) is 12.6. The Balaban J connectivity index is 1.41. The number of esters is 1. The zero-order chi connectivity index (χ0) is 21.6. The molecule has 1 aromatic rings. The molecule has 3 nitrogen and oxygen atoms in total. The maximum atomic E-state index is 14.3. The maximum Gasteiger partial charge on any atom is 0.320 e. The molecule has 6 aliphatic carbocycles. The third kappa shape index (κ3) is 2.58. The maximum absolute atomic E-state index is 14.3. The van der Waals surface area contributed by atoms with E-state index >= 15 is 0 Å². The molecule has 1 aromatic carbocycles. The molecule has 0 saturated heterocycles. The predicted octanol–water partition coefficient (Wildman–Crippen LogP) is 6.07. The minimum atomic E-state index is -0.969. The van der Waals surface area contributed by atoms with Gasteiger partial charge in [-0.25, -0.2) is 0 Å². The van der Waals surface area contributed by atoms with Gasteiger partial charge in [-0.3, -0.25) is 9.59 Å². The lowest BCUT2D eigenvalue weighted by Gasteiger charge is -2.59. The number of benzene rings is 1. The van der Waals surface area contributed by atoms with Gasteiger partial charge in [0.15, 0.2) is 5.78 Å². The minimum Gasteiger partial charge on any atom is -0.460 e. The molecule has 0 N–H and O–H groups in total. The van der Waals surface area contributed by atoms with Gasteiger partial charge in [0.1, 0.15) is 11.5 Å². The summed E-state index contributed by atoms with van der Waals surface area (Å²) in [6, 6.07) is 9.57. The highest BCUT2D eigenvalue weighted by molar-refractivity contribution is 6.13. The number of ether oxygens (including phenoxy) is 1. The van der Waals surface area contributed by atoms with Crippen molar-refractivity contribution >= 4 is 11.8 Å². The molecule has 6 bridgehead atoms. The summed E-state index contributed by atoms with van der Waals surface area (Å²) in [5, 5.41) is 0. The Morgan fingerprint density at radius 2 is 1.48 bits per heavy atom. The van der Waals surface area contributed by atoms with Gasteiger partial charge in [0.2, 0.25) is 0 Å². The van der Waals surface area contributed by atoms with Crippen LogP contribution in [-0.4, -0.2) is 17.9 Å². The molecule has 0 heterocycles. The monoisotopic (exact) mass is 420 g/mol. The first-order chi connectivity index (χ1) is 14.7. The fraction of sp³-hybridized carbons (Fsp3) is 0.714. The van der Waals surface area contributed by atoms with Gasteiger partial charge in [-0.05, 0) is 81.0 Å². The van der Waals surface area contributed by atoms with E-state index in [0.717, 1.165) is 38.5 Å². The molecule has 0 amide bonds. The molecular formula is C28H36O3. The molecule has 0 spiro atoms. The van der Waals surface area contributed by atoms with Crippen LogP contribution in [0.4, 0.5) is 0 Å². The molecule has 6 aliphatic rings. The van der Waals surface area contributed by atoms with Crippen molar-refractivity contribution in [3.63, 3.8) is 0 Å². The van der Waals surface area contributed by atoms with Crippen molar-refractivity contribution in [3.05, 3.63) is 35.9 Å². The number of ketones is 1. The molecule has 7 rings (SSSR count). The average Bonchev–Trinajstić information content (AvgIpc) is 3.22. The molecule has 3 atom stereocenters. The molecule has 166 valence electrons. The Labute approximate surface area is 186 Å². The van der Waals surface area contributed by atoms with Crippen molar-refractivity contribution in [2.24, 2.45) is 45.8 Å². The molecule has 3 heteroatoms. The van der Waals surface area contributed by atoms with E-state index in [4.69, 9.17) is 4.74 Å². The van der Waals surface area contributed by atoms with E-state index in [2.05, 4.69) is 20.8 Å². The number of hydrogen-bond donors (Lipinski definition) is 0. The van der Waals surface area contributed by atoms with Crippen LogP contribution in [0.25, 0.3) is 0 Å². The average molecular weight is 421 g/mol. The van der Waals surface area contributed by atoms with E-state index in [9.17, 15) is 9.59 Å². The number of Topliss-reactive ketones (excluding diaryl/α,β-unsaturated/α-hetero) is 1. The number of carbonyl (C=O) groups excluding carboxylic acids is 2. The number of hydrogen-bond acceptors (Lipinski definition) is 3. The fourth-order valence-corrected chi connectivity index (χ4v) is 9.31. The molecular weight excluding hydrogens is 384 g/mol. The second kappa shape index (κ2) is 6.45. The Kier molecular flexibility index (Phi) is 4.16. The zero-order valence-electron chi connectivity index (χ0n) is 19.2. The highest BCUT2D eigenvalue weighted by atomic mass is 16.5. The Morgan fingerprint density at radius 3 is 2.03 bits per heavy atom. The van der Waals surface area contributed by atoms with Gasteiger partial charge in [0.25, 0.3) is 0 Å². The number of carbonyl (C=O) groups is 2. The van der Waals surface area contributed by atoms with E-state index in [0.29, 0.717) is 23.3 Å². The zero-order valence-corrected chi connectivity index (χ0v) is 19.2.